The van der Waals surface area contributed by atoms with Crippen molar-refractivity contribution in [3.05, 3.63) is 76.3 Å². The number of ether oxygens (including phenoxy) is 4. The van der Waals surface area contributed by atoms with Crippen molar-refractivity contribution < 1.29 is 28.5 Å². The Kier molecular flexibility index (Phi) is 7.26. The van der Waals surface area contributed by atoms with Crippen LogP contribution < -0.4 is 24.3 Å². The van der Waals surface area contributed by atoms with Crippen molar-refractivity contribution in [2.24, 2.45) is 0 Å². The molecule has 0 unspecified atom stereocenters. The molecule has 3 aromatic carbocycles. The second-order valence-electron chi connectivity index (χ2n) is 8.24. The van der Waals surface area contributed by atoms with Crippen LogP contribution in [-0.2, 0) is 4.79 Å². The highest BCUT2D eigenvalue weighted by Crippen LogP contribution is 2.46. The van der Waals surface area contributed by atoms with Gasteiger partial charge in [0.2, 0.25) is 5.91 Å². The number of carbonyl (C=O) groups is 2. The molecular formula is C27H27ClN2O6. The third kappa shape index (κ3) is 4.52. The zero-order chi connectivity index (χ0) is 26.0. The molecule has 2 atom stereocenters. The number of benzene rings is 3. The Morgan fingerprint density at radius 3 is 2.11 bits per heavy atom. The largest absolute Gasteiger partial charge is 0.497 e. The van der Waals surface area contributed by atoms with E-state index in [4.69, 9.17) is 30.5 Å². The first-order valence-corrected chi connectivity index (χ1v) is 11.5. The standard InChI is InChI=1S/C27H27ClN2O6/c1-30-25(15-6-9-17(33-2)10-7-15)24(26(31)29-20-12-16(28)8-11-21(20)34-3)18-13-22(35-4)23(36-5)14-19(18)27(30)32/h6-14,24-25H,1-5H3,(H,29,31)/t24-,25-/m1/s1. The number of nitrogens with zero attached hydrogens (tertiary/aromatic N) is 1. The number of carbonyl (C=O) groups excluding carboxylic acids is 2. The van der Waals surface area contributed by atoms with Crippen molar-refractivity contribution in [3.63, 3.8) is 0 Å². The number of rotatable bonds is 7. The highest BCUT2D eigenvalue weighted by molar-refractivity contribution is 6.31. The number of anilines is 1. The van der Waals surface area contributed by atoms with Crippen molar-refractivity contribution in [2.45, 2.75) is 12.0 Å². The number of hydrogen-bond donors (Lipinski definition) is 1. The van der Waals surface area contributed by atoms with Gasteiger partial charge in [-0.05, 0) is 53.6 Å². The normalized spacial score (nSPS) is 16.7. The minimum atomic E-state index is -0.792. The molecule has 4 rings (SSSR count). The number of amides is 2. The molecule has 0 bridgehead atoms. The minimum absolute atomic E-state index is 0.240. The van der Waals surface area contributed by atoms with Gasteiger partial charge >= 0.3 is 0 Å². The van der Waals surface area contributed by atoms with Gasteiger partial charge in [0.05, 0.1) is 46.1 Å². The van der Waals surface area contributed by atoms with Gasteiger partial charge < -0.3 is 29.2 Å². The number of hydrogen-bond acceptors (Lipinski definition) is 6. The molecule has 1 aliphatic heterocycles. The average molecular weight is 511 g/mol. The Labute approximate surface area is 214 Å². The van der Waals surface area contributed by atoms with E-state index in [-0.39, 0.29) is 11.8 Å². The second-order valence-corrected chi connectivity index (χ2v) is 8.68. The Balaban J connectivity index is 1.89. The molecule has 0 saturated carbocycles. The van der Waals surface area contributed by atoms with Gasteiger partial charge in [-0.25, -0.2) is 0 Å². The monoisotopic (exact) mass is 510 g/mol. The van der Waals surface area contributed by atoms with Gasteiger partial charge in [-0.2, -0.15) is 0 Å². The molecule has 2 amide bonds. The predicted molar refractivity (Wildman–Crippen MR) is 137 cm³/mol. The van der Waals surface area contributed by atoms with Crippen LogP contribution in [0.15, 0.2) is 54.6 Å². The van der Waals surface area contributed by atoms with E-state index in [0.717, 1.165) is 5.56 Å². The SMILES string of the molecule is COc1ccc([C@@H]2[C@H](C(=O)Nc3cc(Cl)ccc3OC)c3cc(OC)c(OC)cc3C(=O)N2C)cc1. The fourth-order valence-corrected chi connectivity index (χ4v) is 4.71. The fourth-order valence-electron chi connectivity index (χ4n) is 4.54. The summed E-state index contributed by atoms with van der Waals surface area (Å²) in [6, 6.07) is 14.9. The van der Waals surface area contributed by atoms with Crippen molar-refractivity contribution in [3.8, 4) is 23.0 Å². The number of likely N-dealkylation sites (N-methyl/N-ethyl adjacent to an activating group) is 1. The topological polar surface area (TPSA) is 86.3 Å². The molecular weight excluding hydrogens is 484 g/mol. The van der Waals surface area contributed by atoms with Crippen LogP contribution in [-0.4, -0.2) is 52.2 Å². The Morgan fingerprint density at radius 1 is 0.861 bits per heavy atom. The molecule has 0 aliphatic carbocycles. The van der Waals surface area contributed by atoms with Crippen LogP contribution in [0, 0.1) is 0 Å². The van der Waals surface area contributed by atoms with Crippen LogP contribution in [0.25, 0.3) is 0 Å². The number of nitrogens with one attached hydrogen (secondary N) is 1. The minimum Gasteiger partial charge on any atom is -0.497 e. The van der Waals surface area contributed by atoms with E-state index in [0.29, 0.717) is 44.8 Å². The number of fused-ring (bicyclic) bond motifs is 1. The number of halogens is 1. The van der Waals surface area contributed by atoms with E-state index in [1.165, 1.54) is 21.3 Å². The fraction of sp³-hybridized carbons (Fsp3) is 0.259. The van der Waals surface area contributed by atoms with E-state index in [2.05, 4.69) is 5.32 Å². The molecule has 0 saturated heterocycles. The zero-order valence-corrected chi connectivity index (χ0v) is 21.4. The van der Waals surface area contributed by atoms with Crippen LogP contribution in [0.5, 0.6) is 23.0 Å². The molecule has 0 fully saturated rings. The van der Waals surface area contributed by atoms with Crippen molar-refractivity contribution in [1.82, 2.24) is 4.90 Å². The van der Waals surface area contributed by atoms with E-state index in [9.17, 15) is 9.59 Å². The zero-order valence-electron chi connectivity index (χ0n) is 20.6. The summed E-state index contributed by atoms with van der Waals surface area (Å²) in [7, 11) is 7.77. The van der Waals surface area contributed by atoms with Crippen LogP contribution in [0.1, 0.15) is 33.4 Å². The lowest BCUT2D eigenvalue weighted by molar-refractivity contribution is -0.119. The summed E-state index contributed by atoms with van der Waals surface area (Å²) in [5, 5.41) is 3.40. The molecule has 1 N–H and O–H groups in total. The molecule has 3 aromatic rings. The van der Waals surface area contributed by atoms with Crippen LogP contribution in [0.2, 0.25) is 5.02 Å². The molecule has 8 nitrogen and oxygen atoms in total. The van der Waals surface area contributed by atoms with Crippen LogP contribution >= 0.6 is 11.6 Å². The summed E-state index contributed by atoms with van der Waals surface area (Å²) in [6.45, 7) is 0. The lowest BCUT2D eigenvalue weighted by Crippen LogP contribution is -2.44. The molecule has 0 spiro atoms. The molecule has 9 heteroatoms. The van der Waals surface area contributed by atoms with E-state index in [1.54, 1.807) is 61.5 Å². The first-order valence-electron chi connectivity index (χ1n) is 11.1. The average Bonchev–Trinajstić information content (AvgIpc) is 2.90. The first kappa shape index (κ1) is 25.2. The van der Waals surface area contributed by atoms with Crippen molar-refractivity contribution in [2.75, 3.05) is 40.8 Å². The van der Waals surface area contributed by atoms with Crippen LogP contribution in [0.3, 0.4) is 0 Å². The summed E-state index contributed by atoms with van der Waals surface area (Å²) in [5.41, 5.74) is 2.07. The Bertz CT molecular complexity index is 1290. The second kappa shape index (κ2) is 10.4. The maximum absolute atomic E-state index is 14.0. The Hall–Kier alpha value is -3.91. The lowest BCUT2D eigenvalue weighted by Gasteiger charge is -2.40. The molecule has 188 valence electrons. The smallest absolute Gasteiger partial charge is 0.254 e. The summed E-state index contributed by atoms with van der Waals surface area (Å²) in [4.78, 5) is 29.0. The van der Waals surface area contributed by atoms with Gasteiger partial charge in [0, 0.05) is 17.6 Å². The highest BCUT2D eigenvalue weighted by atomic mass is 35.5. The lowest BCUT2D eigenvalue weighted by atomic mass is 9.79. The Morgan fingerprint density at radius 2 is 1.50 bits per heavy atom. The molecule has 1 aliphatic rings. The van der Waals surface area contributed by atoms with Gasteiger partial charge in [-0.1, -0.05) is 23.7 Å². The predicted octanol–water partition coefficient (Wildman–Crippen LogP) is 4.92. The highest BCUT2D eigenvalue weighted by Gasteiger charge is 2.43. The molecule has 1 heterocycles. The molecule has 36 heavy (non-hydrogen) atoms. The summed E-state index contributed by atoms with van der Waals surface area (Å²) < 4.78 is 21.6. The molecule has 0 radical (unpaired) electrons. The maximum Gasteiger partial charge on any atom is 0.254 e. The summed E-state index contributed by atoms with van der Waals surface area (Å²) >= 11 is 6.19. The van der Waals surface area contributed by atoms with Crippen molar-refractivity contribution in [1.29, 1.82) is 0 Å². The van der Waals surface area contributed by atoms with E-state index < -0.39 is 12.0 Å². The van der Waals surface area contributed by atoms with Crippen molar-refractivity contribution >= 4 is 29.1 Å². The van der Waals surface area contributed by atoms with E-state index >= 15 is 0 Å². The van der Waals surface area contributed by atoms with Gasteiger partial charge in [-0.3, -0.25) is 9.59 Å². The van der Waals surface area contributed by atoms with Gasteiger partial charge in [0.15, 0.2) is 11.5 Å². The number of methoxy groups -OCH3 is 4. The maximum atomic E-state index is 14.0. The van der Waals surface area contributed by atoms with Gasteiger partial charge in [0.25, 0.3) is 5.91 Å². The quantitative estimate of drug-likeness (QED) is 0.485. The summed E-state index contributed by atoms with van der Waals surface area (Å²) in [6.07, 6.45) is 0. The summed E-state index contributed by atoms with van der Waals surface area (Å²) in [5.74, 6) is 0.568. The third-order valence-electron chi connectivity index (χ3n) is 6.33. The van der Waals surface area contributed by atoms with E-state index in [1.807, 2.05) is 12.1 Å². The van der Waals surface area contributed by atoms with Gasteiger partial charge in [-0.15, -0.1) is 0 Å². The van der Waals surface area contributed by atoms with Crippen LogP contribution in [0.4, 0.5) is 5.69 Å². The third-order valence-corrected chi connectivity index (χ3v) is 6.57. The van der Waals surface area contributed by atoms with Gasteiger partial charge in [0.1, 0.15) is 11.5 Å². The molecule has 0 aromatic heterocycles. The first-order chi connectivity index (χ1) is 17.3.